The highest BCUT2D eigenvalue weighted by Gasteiger charge is 2.32. The molecule has 1 N–H and O–H groups in total. The Morgan fingerprint density at radius 3 is 1.55 bits per heavy atom. The van der Waals surface area contributed by atoms with Crippen molar-refractivity contribution < 1.29 is 31.5 Å². The Balaban J connectivity index is 2.17. The van der Waals surface area contributed by atoms with Gasteiger partial charge in [-0.15, -0.1) is 4.41 Å². The molecule has 33 heavy (non-hydrogen) atoms. The summed E-state index contributed by atoms with van der Waals surface area (Å²) >= 11 is 0. The number of hydrazine groups is 1. The SMILES string of the molecule is C[C@@H](C(=O)NN(C)S(=O)(=O)c1ccc([N+](=O)[O-])cc1)N(C)S(=O)(=O)c1ccc([N+](=O)[O-])cc1. The van der Waals surface area contributed by atoms with Gasteiger partial charge < -0.3 is 0 Å². The number of amides is 1. The fourth-order valence-corrected chi connectivity index (χ4v) is 4.82. The zero-order chi connectivity index (χ0) is 25.1. The Kier molecular flexibility index (Phi) is 7.48. The minimum absolute atomic E-state index is 0.304. The number of non-ortho nitro benzene ring substituents is 2. The molecule has 2 aromatic carbocycles. The molecule has 0 spiro atoms. The number of carbonyl (C=O) groups excluding carboxylic acids is 1. The molecule has 0 radical (unpaired) electrons. The third kappa shape index (κ3) is 5.48. The summed E-state index contributed by atoms with van der Waals surface area (Å²) < 4.78 is 51.8. The topological polar surface area (TPSA) is 190 Å². The van der Waals surface area contributed by atoms with Crippen LogP contribution in [0.2, 0.25) is 0 Å². The van der Waals surface area contributed by atoms with E-state index in [2.05, 4.69) is 5.43 Å². The Bertz CT molecular complexity index is 1280. The van der Waals surface area contributed by atoms with E-state index in [-0.39, 0.29) is 21.2 Å². The Morgan fingerprint density at radius 2 is 1.18 bits per heavy atom. The molecule has 0 bridgehead atoms. The van der Waals surface area contributed by atoms with Crippen molar-refractivity contribution in [3.05, 3.63) is 68.8 Å². The van der Waals surface area contributed by atoms with Gasteiger partial charge in [-0.3, -0.25) is 30.4 Å². The van der Waals surface area contributed by atoms with E-state index >= 15 is 0 Å². The van der Waals surface area contributed by atoms with E-state index < -0.39 is 41.8 Å². The van der Waals surface area contributed by atoms with Crippen LogP contribution in [0.4, 0.5) is 11.4 Å². The highest BCUT2D eigenvalue weighted by atomic mass is 32.2. The molecule has 0 saturated heterocycles. The van der Waals surface area contributed by atoms with E-state index in [1.807, 2.05) is 0 Å². The molecule has 0 fully saturated rings. The summed E-state index contributed by atoms with van der Waals surface area (Å²) in [6.07, 6.45) is 0. The van der Waals surface area contributed by atoms with Crippen molar-refractivity contribution in [1.29, 1.82) is 0 Å². The van der Waals surface area contributed by atoms with E-state index in [1.165, 1.54) is 6.92 Å². The van der Waals surface area contributed by atoms with Gasteiger partial charge in [-0.1, -0.05) is 0 Å². The zero-order valence-corrected chi connectivity index (χ0v) is 19.1. The van der Waals surface area contributed by atoms with Crippen molar-refractivity contribution in [2.45, 2.75) is 22.8 Å². The summed E-state index contributed by atoms with van der Waals surface area (Å²) in [6.45, 7) is 1.21. The lowest BCUT2D eigenvalue weighted by molar-refractivity contribution is -0.385. The molecule has 16 heteroatoms. The number of nitrogens with zero attached hydrogens (tertiary/aromatic N) is 4. The number of sulfonamides is 2. The van der Waals surface area contributed by atoms with Crippen molar-refractivity contribution in [1.82, 2.24) is 14.1 Å². The predicted octanol–water partition coefficient (Wildman–Crippen LogP) is 0.864. The minimum atomic E-state index is -4.29. The first-order valence-corrected chi connectivity index (χ1v) is 11.8. The third-order valence-corrected chi connectivity index (χ3v) is 8.25. The van der Waals surface area contributed by atoms with Crippen LogP contribution in [-0.2, 0) is 24.8 Å². The van der Waals surface area contributed by atoms with Gasteiger partial charge in [0.2, 0.25) is 10.0 Å². The van der Waals surface area contributed by atoms with Crippen LogP contribution in [-0.4, -0.2) is 61.4 Å². The number of nitrogens with one attached hydrogen (secondary N) is 1. The van der Waals surface area contributed by atoms with Crippen LogP contribution in [0.1, 0.15) is 6.92 Å². The van der Waals surface area contributed by atoms with Crippen LogP contribution >= 0.6 is 0 Å². The molecule has 178 valence electrons. The maximum Gasteiger partial charge on any atom is 0.269 e. The van der Waals surface area contributed by atoms with Crippen molar-refractivity contribution >= 4 is 37.3 Å². The highest BCUT2D eigenvalue weighted by Crippen LogP contribution is 2.21. The Labute approximate surface area is 188 Å². The average Bonchev–Trinajstić information content (AvgIpc) is 2.77. The third-order valence-electron chi connectivity index (χ3n) is 4.62. The zero-order valence-electron chi connectivity index (χ0n) is 17.5. The number of hydrogen-bond donors (Lipinski definition) is 1. The first-order chi connectivity index (χ1) is 15.2. The molecule has 0 unspecified atom stereocenters. The van der Waals surface area contributed by atoms with Gasteiger partial charge in [-0.05, 0) is 31.2 Å². The van der Waals surface area contributed by atoms with Crippen molar-refractivity contribution in [2.24, 2.45) is 0 Å². The molecular formula is C17H19N5O9S2. The number of rotatable bonds is 9. The van der Waals surface area contributed by atoms with Gasteiger partial charge in [0.25, 0.3) is 27.3 Å². The molecule has 0 aromatic heterocycles. The van der Waals surface area contributed by atoms with Crippen molar-refractivity contribution in [3.8, 4) is 0 Å². The summed E-state index contributed by atoms with van der Waals surface area (Å²) in [7, 11) is -6.44. The van der Waals surface area contributed by atoms with E-state index in [0.29, 0.717) is 8.72 Å². The number of carbonyl (C=O) groups is 1. The largest absolute Gasteiger partial charge is 0.274 e. The number of nitro groups is 2. The second-order valence-corrected chi connectivity index (χ2v) is 10.6. The fraction of sp³-hybridized carbons (Fsp3) is 0.235. The molecule has 2 rings (SSSR count). The highest BCUT2D eigenvalue weighted by molar-refractivity contribution is 7.89. The van der Waals surface area contributed by atoms with Gasteiger partial charge >= 0.3 is 0 Å². The standard InChI is InChI=1S/C17H19N5O9S2/c1-12(19(2)32(28,29)15-8-4-13(5-9-15)21(24)25)17(23)18-20(3)33(30,31)16-10-6-14(7-11-16)22(26)27/h4-12H,1-3H3,(H,18,23)/t12-/m0/s1. The molecule has 0 aliphatic heterocycles. The first-order valence-electron chi connectivity index (χ1n) is 8.96. The Hall–Kier alpha value is -3.47. The fourth-order valence-electron chi connectivity index (χ4n) is 2.49. The normalized spacial score (nSPS) is 13.0. The van der Waals surface area contributed by atoms with Gasteiger partial charge in [0, 0.05) is 38.4 Å². The molecular weight excluding hydrogens is 482 g/mol. The number of likely N-dealkylation sites (N-methyl/N-ethyl adjacent to an activating group) is 1. The van der Waals surface area contributed by atoms with Crippen LogP contribution < -0.4 is 5.43 Å². The maximum atomic E-state index is 12.7. The van der Waals surface area contributed by atoms with Gasteiger partial charge in [-0.2, -0.15) is 4.31 Å². The van der Waals surface area contributed by atoms with Crippen LogP contribution in [0.3, 0.4) is 0 Å². The second-order valence-electron chi connectivity index (χ2n) is 6.65. The summed E-state index contributed by atoms with van der Waals surface area (Å²) in [5.74, 6) is -0.990. The molecule has 1 atom stereocenters. The van der Waals surface area contributed by atoms with Crippen molar-refractivity contribution in [3.63, 3.8) is 0 Å². The van der Waals surface area contributed by atoms with Gasteiger partial charge in [0.05, 0.1) is 19.6 Å². The summed E-state index contributed by atoms with van der Waals surface area (Å²) in [5.41, 5.74) is 1.42. The lowest BCUT2D eigenvalue weighted by Gasteiger charge is -2.26. The maximum absolute atomic E-state index is 12.7. The van der Waals surface area contributed by atoms with Crippen LogP contribution in [0.5, 0.6) is 0 Å². The number of hydrogen-bond acceptors (Lipinski definition) is 9. The van der Waals surface area contributed by atoms with E-state index in [4.69, 9.17) is 0 Å². The van der Waals surface area contributed by atoms with Crippen LogP contribution in [0.25, 0.3) is 0 Å². The summed E-state index contributed by atoms with van der Waals surface area (Å²) in [6, 6.07) is 6.59. The van der Waals surface area contributed by atoms with E-state index in [0.717, 1.165) is 62.6 Å². The second kappa shape index (κ2) is 9.57. The monoisotopic (exact) mass is 501 g/mol. The van der Waals surface area contributed by atoms with E-state index in [1.54, 1.807) is 0 Å². The average molecular weight is 501 g/mol. The molecule has 0 aliphatic rings. The smallest absolute Gasteiger partial charge is 0.269 e. The summed E-state index contributed by atoms with van der Waals surface area (Å²) in [5, 5.41) is 21.5. The summed E-state index contributed by atoms with van der Waals surface area (Å²) in [4.78, 5) is 31.9. The van der Waals surface area contributed by atoms with Crippen LogP contribution in [0.15, 0.2) is 58.3 Å². The minimum Gasteiger partial charge on any atom is -0.274 e. The van der Waals surface area contributed by atoms with E-state index in [9.17, 15) is 41.9 Å². The number of benzene rings is 2. The molecule has 14 nitrogen and oxygen atoms in total. The Morgan fingerprint density at radius 1 is 0.818 bits per heavy atom. The molecule has 0 aliphatic carbocycles. The lowest BCUT2D eigenvalue weighted by atomic mass is 10.3. The molecule has 0 heterocycles. The van der Waals surface area contributed by atoms with Gasteiger partial charge in [0.15, 0.2) is 0 Å². The predicted molar refractivity (Wildman–Crippen MR) is 114 cm³/mol. The molecule has 0 saturated carbocycles. The molecule has 2 aromatic rings. The lowest BCUT2D eigenvalue weighted by Crippen LogP contribution is -2.52. The van der Waals surface area contributed by atoms with Crippen molar-refractivity contribution in [2.75, 3.05) is 14.1 Å². The quantitative estimate of drug-likeness (QED) is 0.383. The molecule has 1 amide bonds. The van der Waals surface area contributed by atoms with Crippen LogP contribution in [0, 0.1) is 20.2 Å². The first kappa shape index (κ1) is 25.8. The van der Waals surface area contributed by atoms with Gasteiger partial charge in [-0.25, -0.2) is 16.8 Å². The van der Waals surface area contributed by atoms with Gasteiger partial charge in [0.1, 0.15) is 6.04 Å². The number of nitro benzene ring substituents is 2.